The summed E-state index contributed by atoms with van der Waals surface area (Å²) in [6.45, 7) is 2.13. The van der Waals surface area contributed by atoms with Crippen LogP contribution in [0.3, 0.4) is 0 Å². The number of benzene rings is 1. The molecule has 2 heterocycles. The number of hydrogen-bond acceptors (Lipinski definition) is 5. The third-order valence-electron chi connectivity index (χ3n) is 6.64. The van der Waals surface area contributed by atoms with Crippen molar-refractivity contribution in [3.8, 4) is 0 Å². The Bertz CT molecular complexity index is 1020. The van der Waals surface area contributed by atoms with Crippen LogP contribution in [0.2, 0.25) is 0 Å². The minimum absolute atomic E-state index is 0.00840. The molecule has 196 valence electrons. The lowest BCUT2D eigenvalue weighted by molar-refractivity contribution is -0.148. The van der Waals surface area contributed by atoms with Crippen LogP contribution in [0.5, 0.6) is 0 Å². The number of ether oxygens (including phenoxy) is 1. The van der Waals surface area contributed by atoms with E-state index in [9.17, 15) is 23.5 Å². The fraction of sp³-hybridized carbons (Fsp3) is 0.500. The van der Waals surface area contributed by atoms with Gasteiger partial charge in [-0.25, -0.2) is 4.79 Å². The number of halogens is 2. The van der Waals surface area contributed by atoms with E-state index in [2.05, 4.69) is 12.1 Å². The monoisotopic (exact) mass is 519 g/mol. The van der Waals surface area contributed by atoms with Crippen molar-refractivity contribution in [1.82, 2.24) is 4.90 Å². The largest absolute Gasteiger partial charge is 0.465 e. The minimum Gasteiger partial charge on any atom is -0.465 e. The number of aliphatic hydroxyl groups is 1. The molecule has 3 rings (SSSR count). The first-order chi connectivity index (χ1) is 17.2. The van der Waals surface area contributed by atoms with Gasteiger partial charge in [0.15, 0.2) is 0 Å². The van der Waals surface area contributed by atoms with E-state index in [-0.39, 0.29) is 12.5 Å². The molecule has 1 fully saturated rings. The fourth-order valence-corrected chi connectivity index (χ4v) is 5.42. The molecular formula is C28H35F2NO4S. The summed E-state index contributed by atoms with van der Waals surface area (Å²) < 4.78 is 33.1. The van der Waals surface area contributed by atoms with Crippen LogP contribution in [-0.2, 0) is 22.4 Å². The van der Waals surface area contributed by atoms with E-state index in [0.29, 0.717) is 17.7 Å². The van der Waals surface area contributed by atoms with Gasteiger partial charge in [0.2, 0.25) is 0 Å². The Morgan fingerprint density at radius 3 is 2.67 bits per heavy atom. The van der Waals surface area contributed by atoms with Crippen LogP contribution in [0.1, 0.15) is 59.1 Å². The molecule has 2 aromatic rings. The van der Waals surface area contributed by atoms with Crippen molar-refractivity contribution in [3.05, 3.63) is 69.9 Å². The number of unbranched alkanes of at least 4 members (excludes halogenated alkanes) is 1. The highest BCUT2D eigenvalue weighted by Gasteiger charge is 2.52. The van der Waals surface area contributed by atoms with Crippen LogP contribution in [0.15, 0.2) is 54.6 Å². The molecule has 1 aromatic heterocycles. The molecule has 0 bridgehead atoms. The van der Waals surface area contributed by atoms with Gasteiger partial charge in [-0.2, -0.15) is 8.78 Å². The Morgan fingerprint density at radius 1 is 1.19 bits per heavy atom. The molecule has 0 aliphatic carbocycles. The van der Waals surface area contributed by atoms with Crippen molar-refractivity contribution in [2.45, 2.75) is 69.9 Å². The van der Waals surface area contributed by atoms with Crippen LogP contribution >= 0.6 is 11.3 Å². The summed E-state index contributed by atoms with van der Waals surface area (Å²) in [5.74, 6) is -4.98. The second-order valence-corrected chi connectivity index (χ2v) is 10.6. The fourth-order valence-electron chi connectivity index (χ4n) is 4.45. The van der Waals surface area contributed by atoms with Crippen molar-refractivity contribution in [2.75, 3.05) is 13.7 Å². The zero-order valence-corrected chi connectivity index (χ0v) is 21.7. The van der Waals surface area contributed by atoms with Crippen LogP contribution in [-0.4, -0.2) is 53.6 Å². The number of alkyl halides is 2. The number of likely N-dealkylation sites (tertiary alicyclic amines) is 1. The lowest BCUT2D eigenvalue weighted by atomic mass is 9.95. The minimum atomic E-state index is -3.40. The number of amides is 1. The van der Waals surface area contributed by atoms with Gasteiger partial charge >= 0.3 is 11.9 Å². The van der Waals surface area contributed by atoms with Gasteiger partial charge in [-0.15, -0.1) is 11.3 Å². The van der Waals surface area contributed by atoms with E-state index < -0.39 is 36.4 Å². The summed E-state index contributed by atoms with van der Waals surface area (Å²) >= 11 is 1.30. The van der Waals surface area contributed by atoms with Gasteiger partial charge < -0.3 is 14.7 Å². The molecule has 3 atom stereocenters. The van der Waals surface area contributed by atoms with Gasteiger partial charge in [0.25, 0.3) is 5.91 Å². The van der Waals surface area contributed by atoms with Crippen LogP contribution in [0.4, 0.5) is 8.78 Å². The maximum absolute atomic E-state index is 14.2. The molecule has 1 saturated heterocycles. The molecule has 0 spiro atoms. The van der Waals surface area contributed by atoms with Crippen molar-refractivity contribution in [2.24, 2.45) is 5.92 Å². The van der Waals surface area contributed by atoms with E-state index in [4.69, 9.17) is 4.74 Å². The van der Waals surface area contributed by atoms with Gasteiger partial charge in [0.1, 0.15) is 4.88 Å². The van der Waals surface area contributed by atoms with E-state index in [0.717, 1.165) is 30.6 Å². The summed E-state index contributed by atoms with van der Waals surface area (Å²) in [5, 5.41) is 10.6. The number of carbonyl (C=O) groups excluding carboxylic acids is 2. The molecule has 0 saturated carbocycles. The third kappa shape index (κ3) is 7.71. The summed E-state index contributed by atoms with van der Waals surface area (Å²) in [6, 6.07) is 13.0. The van der Waals surface area contributed by atoms with Gasteiger partial charge in [0, 0.05) is 17.8 Å². The highest BCUT2D eigenvalue weighted by molar-refractivity contribution is 7.13. The Kier molecular flexibility index (Phi) is 10.2. The number of aliphatic hydroxyl groups excluding tert-OH is 1. The maximum Gasteiger partial charge on any atom is 0.348 e. The summed E-state index contributed by atoms with van der Waals surface area (Å²) in [7, 11) is 1.32. The predicted molar refractivity (Wildman–Crippen MR) is 137 cm³/mol. The van der Waals surface area contributed by atoms with Crippen molar-refractivity contribution < 1.29 is 28.2 Å². The Labute approximate surface area is 215 Å². The summed E-state index contributed by atoms with van der Waals surface area (Å²) in [4.78, 5) is 26.5. The lowest BCUT2D eigenvalue weighted by Gasteiger charge is -2.22. The van der Waals surface area contributed by atoms with Gasteiger partial charge in [-0.05, 0) is 55.7 Å². The lowest BCUT2D eigenvalue weighted by Crippen LogP contribution is -2.36. The second-order valence-electron chi connectivity index (χ2n) is 9.42. The smallest absolute Gasteiger partial charge is 0.348 e. The highest BCUT2D eigenvalue weighted by atomic mass is 32.1. The van der Waals surface area contributed by atoms with E-state index in [1.165, 1.54) is 28.9 Å². The average molecular weight is 520 g/mol. The molecule has 0 radical (unpaired) electrons. The predicted octanol–water partition coefficient (Wildman–Crippen LogP) is 5.67. The highest BCUT2D eigenvalue weighted by Crippen LogP contribution is 2.34. The maximum atomic E-state index is 14.2. The standard InChI is InChI=1S/C28H35F2NO4S/c1-20(9-6-7-12-21-10-4-3-5-11-21)24(32)16-14-22-19-28(29,30)27(34)31(22)18-8-13-23-15-17-25(36-23)26(33)35-2/h3-5,10-11,14-17,20,22,24,32H,6-9,12-13,18-19H2,1-2H3/t20-,22?,24+/m0/s1. The van der Waals surface area contributed by atoms with Crippen LogP contribution in [0.25, 0.3) is 0 Å². The molecule has 1 amide bonds. The molecule has 1 N–H and O–H groups in total. The van der Waals surface area contributed by atoms with Crippen molar-refractivity contribution >= 4 is 23.2 Å². The van der Waals surface area contributed by atoms with Crippen molar-refractivity contribution in [3.63, 3.8) is 0 Å². The van der Waals surface area contributed by atoms with Crippen molar-refractivity contribution in [1.29, 1.82) is 0 Å². The summed E-state index contributed by atoms with van der Waals surface area (Å²) in [5.41, 5.74) is 1.29. The van der Waals surface area contributed by atoms with E-state index in [1.54, 1.807) is 18.2 Å². The molecule has 8 heteroatoms. The number of esters is 1. The first-order valence-corrected chi connectivity index (χ1v) is 13.3. The molecule has 1 aromatic carbocycles. The number of methoxy groups -OCH3 is 1. The zero-order valence-electron chi connectivity index (χ0n) is 20.9. The topological polar surface area (TPSA) is 66.8 Å². The number of hydrogen-bond donors (Lipinski definition) is 1. The van der Waals surface area contributed by atoms with Gasteiger partial charge in [0.05, 0.1) is 19.3 Å². The zero-order chi connectivity index (χ0) is 26.1. The Hall–Kier alpha value is -2.58. The van der Waals surface area contributed by atoms with Crippen LogP contribution < -0.4 is 0 Å². The molecular weight excluding hydrogens is 484 g/mol. The third-order valence-corrected chi connectivity index (χ3v) is 7.77. The van der Waals surface area contributed by atoms with Gasteiger partial charge in [-0.1, -0.05) is 55.8 Å². The Morgan fingerprint density at radius 2 is 1.94 bits per heavy atom. The second kappa shape index (κ2) is 13.1. The number of rotatable bonds is 13. The molecule has 36 heavy (non-hydrogen) atoms. The number of nitrogens with zero attached hydrogens (tertiary/aromatic N) is 1. The average Bonchev–Trinajstić information content (AvgIpc) is 3.43. The molecule has 1 aliphatic rings. The first-order valence-electron chi connectivity index (χ1n) is 12.5. The first kappa shape index (κ1) is 28.0. The Balaban J connectivity index is 1.48. The van der Waals surface area contributed by atoms with Crippen LogP contribution in [0, 0.1) is 5.92 Å². The number of aryl methyl sites for hydroxylation is 2. The molecule has 1 aliphatic heterocycles. The number of carbonyl (C=O) groups is 2. The van der Waals surface area contributed by atoms with E-state index in [1.807, 2.05) is 31.2 Å². The summed E-state index contributed by atoms with van der Waals surface area (Å²) in [6.07, 6.45) is 6.66. The SMILES string of the molecule is COC(=O)c1ccc(CCCN2C(=O)C(F)(F)CC2C=C[C@@H](O)[C@@H](C)CCCCc2ccccc2)s1. The van der Waals surface area contributed by atoms with Gasteiger partial charge in [-0.3, -0.25) is 4.79 Å². The normalized spacial score (nSPS) is 19.1. The molecule has 1 unspecified atom stereocenters. The number of thiophene rings is 1. The quantitative estimate of drug-likeness (QED) is 0.210. The molecule has 5 nitrogen and oxygen atoms in total. The van der Waals surface area contributed by atoms with E-state index >= 15 is 0 Å².